The molecule has 1 saturated heterocycles. The first-order valence-electron chi connectivity index (χ1n) is 5.63. The Bertz CT molecular complexity index is 165. The second-order valence-electron chi connectivity index (χ2n) is 4.83. The summed E-state index contributed by atoms with van der Waals surface area (Å²) in [6, 6.07) is 0.787. The fraction of sp³-hybridized carbons (Fsp3) is 1.00. The standard InChI is InChI=1S/C11H21NO/c1-8-5-10(6-8)12-7-11-4-3-9(2)13-11/h8-12H,3-7H2,1-2H3. The Morgan fingerprint density at radius 3 is 2.54 bits per heavy atom. The minimum absolute atomic E-state index is 0.492. The van der Waals surface area contributed by atoms with Crippen LogP contribution in [0.2, 0.25) is 0 Å². The van der Waals surface area contributed by atoms with Gasteiger partial charge in [0.2, 0.25) is 0 Å². The molecule has 1 heterocycles. The van der Waals surface area contributed by atoms with E-state index in [4.69, 9.17) is 4.74 Å². The van der Waals surface area contributed by atoms with Gasteiger partial charge in [-0.3, -0.25) is 0 Å². The maximum absolute atomic E-state index is 5.74. The van der Waals surface area contributed by atoms with Gasteiger partial charge in [0.25, 0.3) is 0 Å². The quantitative estimate of drug-likeness (QED) is 0.722. The molecule has 2 unspecified atom stereocenters. The van der Waals surface area contributed by atoms with Gasteiger partial charge in [0, 0.05) is 12.6 Å². The Kier molecular flexibility index (Phi) is 2.89. The highest BCUT2D eigenvalue weighted by Gasteiger charge is 2.27. The van der Waals surface area contributed by atoms with E-state index < -0.39 is 0 Å². The Morgan fingerprint density at radius 1 is 1.23 bits per heavy atom. The van der Waals surface area contributed by atoms with Crippen molar-refractivity contribution >= 4 is 0 Å². The van der Waals surface area contributed by atoms with Gasteiger partial charge < -0.3 is 10.1 Å². The molecule has 2 heteroatoms. The Hall–Kier alpha value is -0.0800. The van der Waals surface area contributed by atoms with E-state index in [0.717, 1.165) is 18.5 Å². The molecule has 0 radical (unpaired) electrons. The molecule has 0 amide bonds. The van der Waals surface area contributed by atoms with Crippen LogP contribution in [0, 0.1) is 5.92 Å². The minimum Gasteiger partial charge on any atom is -0.374 e. The van der Waals surface area contributed by atoms with Crippen LogP contribution < -0.4 is 5.32 Å². The zero-order valence-corrected chi connectivity index (χ0v) is 8.75. The van der Waals surface area contributed by atoms with E-state index in [1.165, 1.54) is 25.7 Å². The first-order chi connectivity index (χ1) is 6.24. The molecular weight excluding hydrogens is 162 g/mol. The van der Waals surface area contributed by atoms with Crippen molar-refractivity contribution in [3.63, 3.8) is 0 Å². The third-order valence-corrected chi connectivity index (χ3v) is 3.33. The molecule has 2 rings (SSSR count). The number of hydrogen-bond acceptors (Lipinski definition) is 2. The van der Waals surface area contributed by atoms with Crippen molar-refractivity contribution in [3.05, 3.63) is 0 Å². The highest BCUT2D eigenvalue weighted by molar-refractivity contribution is 4.84. The van der Waals surface area contributed by atoms with E-state index in [0.29, 0.717) is 12.2 Å². The van der Waals surface area contributed by atoms with E-state index in [1.807, 2.05) is 0 Å². The number of rotatable bonds is 3. The molecule has 2 aliphatic rings. The van der Waals surface area contributed by atoms with Gasteiger partial charge in [0.1, 0.15) is 0 Å². The summed E-state index contributed by atoms with van der Waals surface area (Å²) in [5.74, 6) is 0.945. The van der Waals surface area contributed by atoms with Crippen LogP contribution in [0.3, 0.4) is 0 Å². The first-order valence-corrected chi connectivity index (χ1v) is 5.63. The molecule has 0 aromatic heterocycles. The van der Waals surface area contributed by atoms with Crippen LogP contribution in [-0.2, 0) is 4.74 Å². The van der Waals surface area contributed by atoms with Gasteiger partial charge in [-0.1, -0.05) is 6.92 Å². The molecule has 0 aromatic rings. The van der Waals surface area contributed by atoms with Crippen molar-refractivity contribution in [1.29, 1.82) is 0 Å². The van der Waals surface area contributed by atoms with E-state index in [1.54, 1.807) is 0 Å². The molecule has 0 aromatic carbocycles. The molecule has 2 fully saturated rings. The van der Waals surface area contributed by atoms with Crippen LogP contribution in [0.4, 0.5) is 0 Å². The van der Waals surface area contributed by atoms with Crippen LogP contribution in [0.15, 0.2) is 0 Å². The molecule has 1 aliphatic carbocycles. The van der Waals surface area contributed by atoms with Gasteiger partial charge in [0.15, 0.2) is 0 Å². The molecule has 1 saturated carbocycles. The zero-order chi connectivity index (χ0) is 9.26. The number of hydrogen-bond donors (Lipinski definition) is 1. The molecular formula is C11H21NO. The lowest BCUT2D eigenvalue weighted by Crippen LogP contribution is -2.43. The molecule has 13 heavy (non-hydrogen) atoms. The van der Waals surface area contributed by atoms with Crippen molar-refractivity contribution in [2.24, 2.45) is 5.92 Å². The van der Waals surface area contributed by atoms with Crippen molar-refractivity contribution in [1.82, 2.24) is 5.32 Å². The van der Waals surface area contributed by atoms with E-state index >= 15 is 0 Å². The average Bonchev–Trinajstić information content (AvgIpc) is 2.43. The third-order valence-electron chi connectivity index (χ3n) is 3.33. The lowest BCUT2D eigenvalue weighted by Gasteiger charge is -2.34. The van der Waals surface area contributed by atoms with Crippen molar-refractivity contribution in [2.45, 2.75) is 57.8 Å². The highest BCUT2D eigenvalue weighted by atomic mass is 16.5. The molecule has 1 aliphatic heterocycles. The fourth-order valence-electron chi connectivity index (χ4n) is 2.40. The summed E-state index contributed by atoms with van der Waals surface area (Å²) in [6.07, 6.45) is 6.20. The Balaban J connectivity index is 1.58. The summed E-state index contributed by atoms with van der Waals surface area (Å²) >= 11 is 0. The predicted octanol–water partition coefficient (Wildman–Crippen LogP) is 1.94. The van der Waals surface area contributed by atoms with Crippen LogP contribution >= 0.6 is 0 Å². The molecule has 0 spiro atoms. The van der Waals surface area contributed by atoms with Crippen molar-refractivity contribution in [3.8, 4) is 0 Å². The lowest BCUT2D eigenvalue weighted by molar-refractivity contribution is 0.0505. The van der Waals surface area contributed by atoms with Gasteiger partial charge in [-0.15, -0.1) is 0 Å². The zero-order valence-electron chi connectivity index (χ0n) is 8.75. The first kappa shape index (κ1) is 9.47. The highest BCUT2D eigenvalue weighted by Crippen LogP contribution is 2.26. The summed E-state index contributed by atoms with van der Waals surface area (Å²) in [5.41, 5.74) is 0. The third kappa shape index (κ3) is 2.44. The molecule has 1 N–H and O–H groups in total. The van der Waals surface area contributed by atoms with E-state index in [2.05, 4.69) is 19.2 Å². The van der Waals surface area contributed by atoms with Gasteiger partial charge in [-0.05, 0) is 38.5 Å². The SMILES string of the molecule is CC1CC(NCC2CCC(C)O2)C1. The van der Waals surface area contributed by atoms with E-state index in [9.17, 15) is 0 Å². The van der Waals surface area contributed by atoms with Gasteiger partial charge in [-0.2, -0.15) is 0 Å². The van der Waals surface area contributed by atoms with E-state index in [-0.39, 0.29) is 0 Å². The molecule has 2 atom stereocenters. The largest absolute Gasteiger partial charge is 0.374 e. The van der Waals surface area contributed by atoms with Gasteiger partial charge in [-0.25, -0.2) is 0 Å². The summed E-state index contributed by atoms with van der Waals surface area (Å²) in [5, 5.41) is 3.59. The summed E-state index contributed by atoms with van der Waals surface area (Å²) < 4.78 is 5.74. The van der Waals surface area contributed by atoms with Crippen LogP contribution in [0.25, 0.3) is 0 Å². The summed E-state index contributed by atoms with van der Waals surface area (Å²) in [4.78, 5) is 0. The molecule has 76 valence electrons. The Morgan fingerprint density at radius 2 is 2.00 bits per heavy atom. The smallest absolute Gasteiger partial charge is 0.0704 e. The van der Waals surface area contributed by atoms with Crippen LogP contribution in [0.5, 0.6) is 0 Å². The van der Waals surface area contributed by atoms with Gasteiger partial charge >= 0.3 is 0 Å². The second-order valence-corrected chi connectivity index (χ2v) is 4.83. The molecule has 2 nitrogen and oxygen atoms in total. The normalized spacial score (nSPS) is 44.8. The lowest BCUT2D eigenvalue weighted by atomic mass is 9.82. The molecule has 0 bridgehead atoms. The van der Waals surface area contributed by atoms with Crippen LogP contribution in [0.1, 0.15) is 39.5 Å². The number of ether oxygens (including phenoxy) is 1. The van der Waals surface area contributed by atoms with Gasteiger partial charge in [0.05, 0.1) is 12.2 Å². The summed E-state index contributed by atoms with van der Waals surface area (Å²) in [7, 11) is 0. The average molecular weight is 183 g/mol. The van der Waals surface area contributed by atoms with Crippen LogP contribution in [-0.4, -0.2) is 24.8 Å². The Labute approximate surface area is 81.0 Å². The van der Waals surface area contributed by atoms with Crippen molar-refractivity contribution < 1.29 is 4.74 Å². The fourth-order valence-corrected chi connectivity index (χ4v) is 2.40. The maximum atomic E-state index is 5.74. The minimum atomic E-state index is 0.492. The summed E-state index contributed by atoms with van der Waals surface area (Å²) in [6.45, 7) is 5.57. The second kappa shape index (κ2) is 3.97. The monoisotopic (exact) mass is 183 g/mol. The van der Waals surface area contributed by atoms with Crippen molar-refractivity contribution in [2.75, 3.05) is 6.54 Å². The number of nitrogens with one attached hydrogen (secondary N) is 1. The maximum Gasteiger partial charge on any atom is 0.0704 e. The predicted molar refractivity (Wildman–Crippen MR) is 53.8 cm³/mol. The topological polar surface area (TPSA) is 21.3 Å².